The molecule has 1 aliphatic rings. The third-order valence-electron chi connectivity index (χ3n) is 6.65. The lowest BCUT2D eigenvalue weighted by atomic mass is 9.68. The van der Waals surface area contributed by atoms with E-state index < -0.39 is 17.5 Å². The molecule has 1 saturated carbocycles. The number of nitrogens with one attached hydrogen (secondary N) is 1. The molecule has 3 N–H and O–H groups in total. The lowest BCUT2D eigenvalue weighted by molar-refractivity contribution is 0.0997. The summed E-state index contributed by atoms with van der Waals surface area (Å²) >= 11 is 0. The van der Waals surface area contributed by atoms with Crippen LogP contribution in [0, 0.1) is 17.6 Å². The van der Waals surface area contributed by atoms with Gasteiger partial charge in [0.1, 0.15) is 5.69 Å². The predicted molar refractivity (Wildman–Crippen MR) is 120 cm³/mol. The molecule has 2 unspecified atom stereocenters. The van der Waals surface area contributed by atoms with E-state index in [1.807, 2.05) is 13.8 Å². The van der Waals surface area contributed by atoms with Crippen LogP contribution in [0.25, 0.3) is 10.9 Å². The molecule has 1 fully saturated rings. The van der Waals surface area contributed by atoms with E-state index in [1.165, 1.54) is 18.3 Å². The topological polar surface area (TPSA) is 88.8 Å². The number of primary amides is 1. The number of hydrogen-bond donors (Lipinski definition) is 2. The number of H-pyrrole nitrogens is 1. The number of aromatic nitrogens is 2. The van der Waals surface area contributed by atoms with Crippen LogP contribution in [0.3, 0.4) is 0 Å². The zero-order chi connectivity index (χ0) is 23.2. The minimum atomic E-state index is -0.844. The van der Waals surface area contributed by atoms with E-state index in [2.05, 4.69) is 16.9 Å². The SMILES string of the molecule is CC(C)c1c(C2C[C@H](C)CCC2c2cc(=O)c3c(C(N)=O)nccc3[nH]2)ccc(F)c1F. The van der Waals surface area contributed by atoms with Crippen molar-refractivity contribution in [1.82, 2.24) is 9.97 Å². The molecule has 1 aromatic carbocycles. The van der Waals surface area contributed by atoms with E-state index in [0.29, 0.717) is 17.0 Å². The van der Waals surface area contributed by atoms with Crippen LogP contribution in [0.1, 0.15) is 85.1 Å². The second-order valence-corrected chi connectivity index (χ2v) is 9.19. The van der Waals surface area contributed by atoms with Gasteiger partial charge >= 0.3 is 0 Å². The summed E-state index contributed by atoms with van der Waals surface area (Å²) in [5.74, 6) is -2.31. The predicted octanol–water partition coefficient (Wildman–Crippen LogP) is 5.11. The molecule has 0 radical (unpaired) electrons. The lowest BCUT2D eigenvalue weighted by Crippen LogP contribution is -2.25. The van der Waals surface area contributed by atoms with E-state index in [1.54, 1.807) is 12.1 Å². The molecular weight excluding hydrogens is 412 g/mol. The van der Waals surface area contributed by atoms with Crippen molar-refractivity contribution in [3.63, 3.8) is 0 Å². The Labute approximate surface area is 185 Å². The molecule has 0 bridgehead atoms. The Hall–Kier alpha value is -3.09. The first-order chi connectivity index (χ1) is 15.2. The summed E-state index contributed by atoms with van der Waals surface area (Å²) in [5, 5.41) is 0.167. The average Bonchev–Trinajstić information content (AvgIpc) is 2.74. The number of rotatable bonds is 4. The summed E-state index contributed by atoms with van der Waals surface area (Å²) in [5.41, 5.74) is 7.41. The van der Waals surface area contributed by atoms with Crippen molar-refractivity contribution >= 4 is 16.8 Å². The van der Waals surface area contributed by atoms with Crippen LogP contribution >= 0.6 is 0 Å². The summed E-state index contributed by atoms with van der Waals surface area (Å²) < 4.78 is 28.9. The van der Waals surface area contributed by atoms with Crippen LogP contribution in [-0.2, 0) is 0 Å². The number of nitrogens with zero attached hydrogens (tertiary/aromatic N) is 1. The van der Waals surface area contributed by atoms with Gasteiger partial charge in [-0.3, -0.25) is 14.6 Å². The number of carbonyl (C=O) groups is 1. The van der Waals surface area contributed by atoms with Crippen LogP contribution in [0.5, 0.6) is 0 Å². The lowest BCUT2D eigenvalue weighted by Gasteiger charge is -2.37. The van der Waals surface area contributed by atoms with Crippen molar-refractivity contribution in [2.24, 2.45) is 11.7 Å². The highest BCUT2D eigenvalue weighted by molar-refractivity contribution is 6.03. The molecule has 2 aromatic heterocycles. The first-order valence-electron chi connectivity index (χ1n) is 11.0. The number of hydrogen-bond acceptors (Lipinski definition) is 3. The van der Waals surface area contributed by atoms with Gasteiger partial charge in [-0.2, -0.15) is 0 Å². The molecule has 1 amide bonds. The maximum Gasteiger partial charge on any atom is 0.268 e. The highest BCUT2D eigenvalue weighted by atomic mass is 19.2. The minimum absolute atomic E-state index is 0.0631. The Bertz CT molecular complexity index is 1250. The van der Waals surface area contributed by atoms with Crippen molar-refractivity contribution in [1.29, 1.82) is 0 Å². The van der Waals surface area contributed by atoms with Crippen molar-refractivity contribution in [2.45, 2.75) is 57.8 Å². The molecule has 7 heteroatoms. The summed E-state index contributed by atoms with van der Waals surface area (Å²) in [7, 11) is 0. The first-order valence-corrected chi connectivity index (χ1v) is 11.0. The molecule has 0 saturated heterocycles. The van der Waals surface area contributed by atoms with Gasteiger partial charge in [-0.25, -0.2) is 8.78 Å². The fourth-order valence-electron chi connectivity index (χ4n) is 5.20. The quantitative estimate of drug-likeness (QED) is 0.592. The van der Waals surface area contributed by atoms with Gasteiger partial charge in [-0.1, -0.05) is 33.3 Å². The molecular formula is C25H27F2N3O2. The first kappa shape index (κ1) is 22.1. The summed E-state index contributed by atoms with van der Waals surface area (Å²) in [4.78, 5) is 32.0. The van der Waals surface area contributed by atoms with Gasteiger partial charge in [-0.05, 0) is 53.9 Å². The number of amides is 1. The normalized spacial score (nSPS) is 21.2. The standard InChI is InChI=1S/C25H27F2N3O2/c1-12(2)21-15(6-7-17(26)23(21)27)16-10-13(3)4-5-14(16)19-11-20(31)22-18(30-19)8-9-29-24(22)25(28)32/h6-9,11-14,16H,4-5,10H2,1-3H3,(H2,28,32)(H,30,31)/t13-,14?,16?/m1/s1. The number of aromatic amines is 1. The molecule has 3 atom stereocenters. The smallest absolute Gasteiger partial charge is 0.268 e. The Morgan fingerprint density at radius 2 is 1.94 bits per heavy atom. The second-order valence-electron chi connectivity index (χ2n) is 9.19. The zero-order valence-corrected chi connectivity index (χ0v) is 18.4. The number of pyridine rings is 2. The fraction of sp³-hybridized carbons (Fsp3) is 0.400. The van der Waals surface area contributed by atoms with Crippen LogP contribution in [-0.4, -0.2) is 15.9 Å². The molecule has 3 aromatic rings. The second kappa shape index (κ2) is 8.45. The molecule has 168 valence electrons. The van der Waals surface area contributed by atoms with E-state index in [4.69, 9.17) is 5.73 Å². The molecule has 32 heavy (non-hydrogen) atoms. The van der Waals surface area contributed by atoms with Crippen LogP contribution < -0.4 is 11.2 Å². The van der Waals surface area contributed by atoms with Crippen molar-refractivity contribution in [2.75, 3.05) is 0 Å². The third-order valence-corrected chi connectivity index (χ3v) is 6.65. The van der Waals surface area contributed by atoms with E-state index in [9.17, 15) is 18.4 Å². The van der Waals surface area contributed by atoms with Gasteiger partial charge in [0, 0.05) is 23.9 Å². The maximum absolute atomic E-state index is 14.8. The van der Waals surface area contributed by atoms with Gasteiger partial charge in [0.15, 0.2) is 17.1 Å². The Morgan fingerprint density at radius 1 is 1.19 bits per heavy atom. The monoisotopic (exact) mass is 439 g/mol. The number of benzene rings is 1. The van der Waals surface area contributed by atoms with Crippen LogP contribution in [0.15, 0.2) is 35.3 Å². The zero-order valence-electron chi connectivity index (χ0n) is 18.4. The van der Waals surface area contributed by atoms with Crippen molar-refractivity contribution in [3.05, 3.63) is 74.8 Å². The summed E-state index contributed by atoms with van der Waals surface area (Å²) in [6, 6.07) is 6.03. The summed E-state index contributed by atoms with van der Waals surface area (Å²) in [6.07, 6.45) is 4.01. The number of halogens is 2. The van der Waals surface area contributed by atoms with Gasteiger partial charge in [0.25, 0.3) is 5.91 Å². The minimum Gasteiger partial charge on any atom is -0.364 e. The number of carbonyl (C=O) groups excluding carboxylic acids is 1. The molecule has 2 heterocycles. The van der Waals surface area contributed by atoms with E-state index in [-0.39, 0.29) is 34.3 Å². The maximum atomic E-state index is 14.8. The number of nitrogens with two attached hydrogens (primary N) is 1. The third kappa shape index (κ3) is 3.80. The van der Waals surface area contributed by atoms with Gasteiger partial charge in [-0.15, -0.1) is 0 Å². The van der Waals surface area contributed by atoms with Gasteiger partial charge in [0.2, 0.25) is 0 Å². The Kier molecular flexibility index (Phi) is 5.84. The summed E-state index contributed by atoms with van der Waals surface area (Å²) in [6.45, 7) is 5.88. The molecule has 4 rings (SSSR count). The van der Waals surface area contributed by atoms with Crippen molar-refractivity contribution < 1.29 is 13.6 Å². The van der Waals surface area contributed by atoms with Gasteiger partial charge in [0.05, 0.1) is 10.9 Å². The molecule has 0 spiro atoms. The highest BCUT2D eigenvalue weighted by Gasteiger charge is 2.35. The highest BCUT2D eigenvalue weighted by Crippen LogP contribution is 2.48. The largest absolute Gasteiger partial charge is 0.364 e. The molecule has 5 nitrogen and oxygen atoms in total. The fourth-order valence-corrected chi connectivity index (χ4v) is 5.20. The van der Waals surface area contributed by atoms with Gasteiger partial charge < -0.3 is 10.7 Å². The average molecular weight is 440 g/mol. The van der Waals surface area contributed by atoms with Crippen LogP contribution in [0.2, 0.25) is 0 Å². The molecule has 1 aliphatic carbocycles. The van der Waals surface area contributed by atoms with Crippen LogP contribution in [0.4, 0.5) is 8.78 Å². The van der Waals surface area contributed by atoms with E-state index in [0.717, 1.165) is 30.5 Å². The number of fused-ring (bicyclic) bond motifs is 1. The molecule has 0 aliphatic heterocycles. The van der Waals surface area contributed by atoms with Crippen molar-refractivity contribution in [3.8, 4) is 0 Å². The Morgan fingerprint density at radius 3 is 2.62 bits per heavy atom. The Balaban J connectivity index is 1.88. The van der Waals surface area contributed by atoms with E-state index >= 15 is 0 Å².